The first-order valence-electron chi connectivity index (χ1n) is 10.9. The molecule has 2 aromatic heterocycles. The number of carbonyl (C=O) groups is 1. The molecule has 0 spiro atoms. The molecule has 34 heavy (non-hydrogen) atoms. The van der Waals surface area contributed by atoms with Gasteiger partial charge in [0.05, 0.1) is 34.9 Å². The molecule has 0 saturated carbocycles. The summed E-state index contributed by atoms with van der Waals surface area (Å²) in [7, 11) is 0. The van der Waals surface area contributed by atoms with Crippen molar-refractivity contribution in [1.29, 1.82) is 0 Å². The SMILES string of the molecule is Cc1cc(-c2sc(N3C[C@@H](C)O[C@@H](C)C3)nc2CNC(=O)c2ccc(F)c(F)c2F)cc(C)n1. The highest BCUT2D eigenvalue weighted by Crippen LogP contribution is 2.36. The lowest BCUT2D eigenvalue weighted by atomic mass is 10.1. The van der Waals surface area contributed by atoms with E-state index in [2.05, 4.69) is 15.2 Å². The van der Waals surface area contributed by atoms with Gasteiger partial charge >= 0.3 is 0 Å². The number of rotatable bonds is 5. The van der Waals surface area contributed by atoms with Crippen molar-refractivity contribution < 1.29 is 22.7 Å². The Balaban J connectivity index is 1.65. The van der Waals surface area contributed by atoms with Gasteiger partial charge in [-0.15, -0.1) is 0 Å². The van der Waals surface area contributed by atoms with Gasteiger partial charge in [0.2, 0.25) is 0 Å². The maximum Gasteiger partial charge on any atom is 0.254 e. The van der Waals surface area contributed by atoms with Crippen molar-refractivity contribution >= 4 is 22.4 Å². The lowest BCUT2D eigenvalue weighted by Crippen LogP contribution is -2.45. The highest BCUT2D eigenvalue weighted by Gasteiger charge is 2.27. The molecule has 10 heteroatoms. The second-order valence-electron chi connectivity index (χ2n) is 8.48. The number of nitrogens with zero attached hydrogens (tertiary/aromatic N) is 3. The number of benzene rings is 1. The molecule has 2 atom stereocenters. The van der Waals surface area contributed by atoms with Crippen LogP contribution in [0.15, 0.2) is 24.3 Å². The monoisotopic (exact) mass is 490 g/mol. The highest BCUT2D eigenvalue weighted by molar-refractivity contribution is 7.19. The van der Waals surface area contributed by atoms with Crippen molar-refractivity contribution in [2.45, 2.75) is 46.4 Å². The molecule has 1 aromatic carbocycles. The number of pyridine rings is 1. The number of ether oxygens (including phenoxy) is 1. The summed E-state index contributed by atoms with van der Waals surface area (Å²) in [5, 5.41) is 3.38. The number of amides is 1. The summed E-state index contributed by atoms with van der Waals surface area (Å²) in [6.45, 7) is 9.15. The first kappa shape index (κ1) is 24.2. The topological polar surface area (TPSA) is 67.3 Å². The van der Waals surface area contributed by atoms with Crippen molar-refractivity contribution in [2.24, 2.45) is 0 Å². The van der Waals surface area contributed by atoms with Crippen molar-refractivity contribution in [3.05, 3.63) is 64.4 Å². The molecule has 1 N–H and O–H groups in total. The molecule has 0 radical (unpaired) electrons. The van der Waals surface area contributed by atoms with Crippen LogP contribution in [0.1, 0.15) is 41.3 Å². The zero-order valence-electron chi connectivity index (χ0n) is 19.3. The van der Waals surface area contributed by atoms with Crippen molar-refractivity contribution in [3.63, 3.8) is 0 Å². The number of halogens is 3. The van der Waals surface area contributed by atoms with Gasteiger partial charge in [-0.25, -0.2) is 18.2 Å². The number of thiazole rings is 1. The quantitative estimate of drug-likeness (QED) is 0.522. The molecule has 4 rings (SSSR count). The molecular weight excluding hydrogens is 465 g/mol. The average molecular weight is 491 g/mol. The molecule has 180 valence electrons. The molecule has 1 aliphatic rings. The van der Waals surface area contributed by atoms with Gasteiger partial charge < -0.3 is 15.0 Å². The van der Waals surface area contributed by atoms with Crippen LogP contribution >= 0.6 is 11.3 Å². The molecular formula is C24H25F3N4O2S. The zero-order chi connectivity index (χ0) is 24.6. The fraction of sp³-hybridized carbons (Fsp3) is 0.375. The summed E-state index contributed by atoms with van der Waals surface area (Å²) in [4.78, 5) is 24.8. The third kappa shape index (κ3) is 5.07. The minimum Gasteiger partial charge on any atom is -0.372 e. The van der Waals surface area contributed by atoms with E-state index in [0.29, 0.717) is 18.8 Å². The summed E-state index contributed by atoms with van der Waals surface area (Å²) in [6, 6.07) is 5.52. The van der Waals surface area contributed by atoms with E-state index in [1.165, 1.54) is 11.3 Å². The van der Waals surface area contributed by atoms with Crippen LogP contribution in [0.4, 0.5) is 18.3 Å². The Morgan fingerprint density at radius 3 is 2.38 bits per heavy atom. The van der Waals surface area contributed by atoms with E-state index in [-0.39, 0.29) is 18.8 Å². The number of aryl methyl sites for hydroxylation is 2. The van der Waals surface area contributed by atoms with Crippen LogP contribution in [0.25, 0.3) is 10.4 Å². The van der Waals surface area contributed by atoms with Crippen LogP contribution in [0, 0.1) is 31.3 Å². The van der Waals surface area contributed by atoms with Crippen LogP contribution in [0.3, 0.4) is 0 Å². The largest absolute Gasteiger partial charge is 0.372 e. The highest BCUT2D eigenvalue weighted by atomic mass is 32.1. The van der Waals surface area contributed by atoms with Crippen LogP contribution in [-0.4, -0.2) is 41.2 Å². The summed E-state index contributed by atoms with van der Waals surface area (Å²) >= 11 is 1.49. The lowest BCUT2D eigenvalue weighted by molar-refractivity contribution is -0.00523. The normalized spacial score (nSPS) is 18.3. The Bertz CT molecular complexity index is 1200. The maximum atomic E-state index is 14.1. The standard InChI is InChI=1S/C24H25F3N4O2S/c1-12-7-16(8-13(2)29-12)22-19(30-24(34-22)31-10-14(3)33-15(4)11-31)9-28-23(32)17-5-6-18(25)21(27)20(17)26/h5-8,14-15H,9-11H2,1-4H3,(H,28,32)/t14-,15+. The van der Waals surface area contributed by atoms with Crippen LogP contribution in [0.2, 0.25) is 0 Å². The average Bonchev–Trinajstić information content (AvgIpc) is 3.19. The molecule has 0 bridgehead atoms. The first-order chi connectivity index (χ1) is 16.1. The molecule has 6 nitrogen and oxygen atoms in total. The summed E-state index contributed by atoms with van der Waals surface area (Å²) < 4.78 is 46.7. The third-order valence-electron chi connectivity index (χ3n) is 5.42. The zero-order valence-corrected chi connectivity index (χ0v) is 20.1. The lowest BCUT2D eigenvalue weighted by Gasteiger charge is -2.35. The van der Waals surface area contributed by atoms with E-state index in [0.717, 1.165) is 39.1 Å². The summed E-state index contributed by atoms with van der Waals surface area (Å²) in [5.74, 6) is -5.40. The Morgan fingerprint density at radius 2 is 1.74 bits per heavy atom. The van der Waals surface area contributed by atoms with Crippen molar-refractivity contribution in [1.82, 2.24) is 15.3 Å². The van der Waals surface area contributed by atoms with E-state index >= 15 is 0 Å². The summed E-state index contributed by atoms with van der Waals surface area (Å²) in [6.07, 6.45) is 0.0852. The first-order valence-corrected chi connectivity index (χ1v) is 11.7. The van der Waals surface area contributed by atoms with Gasteiger partial charge in [0.25, 0.3) is 5.91 Å². The van der Waals surface area contributed by atoms with E-state index in [1.807, 2.05) is 39.8 Å². The Hall–Kier alpha value is -2.98. The maximum absolute atomic E-state index is 14.1. The number of anilines is 1. The molecule has 3 aromatic rings. The number of hydrogen-bond acceptors (Lipinski definition) is 6. The van der Waals surface area contributed by atoms with Crippen LogP contribution < -0.4 is 10.2 Å². The number of morpholine rings is 1. The minimum absolute atomic E-state index is 0.0149. The molecule has 1 amide bonds. The molecule has 0 unspecified atom stereocenters. The second kappa shape index (κ2) is 9.71. The predicted octanol–water partition coefficient (Wildman–Crippen LogP) is 4.78. The van der Waals surface area contributed by atoms with Gasteiger partial charge in [-0.2, -0.15) is 0 Å². The van der Waals surface area contributed by atoms with E-state index in [9.17, 15) is 18.0 Å². The smallest absolute Gasteiger partial charge is 0.254 e. The van der Waals surface area contributed by atoms with Crippen molar-refractivity contribution in [3.8, 4) is 10.4 Å². The van der Waals surface area contributed by atoms with Crippen LogP contribution in [-0.2, 0) is 11.3 Å². The fourth-order valence-corrected chi connectivity index (χ4v) is 5.17. The predicted molar refractivity (Wildman–Crippen MR) is 125 cm³/mol. The minimum atomic E-state index is -1.68. The Kier molecular flexibility index (Phi) is 6.90. The molecule has 1 saturated heterocycles. The Morgan fingerprint density at radius 1 is 1.09 bits per heavy atom. The fourth-order valence-electron chi connectivity index (χ4n) is 4.08. The van der Waals surface area contributed by atoms with Gasteiger partial charge in [-0.1, -0.05) is 11.3 Å². The van der Waals surface area contributed by atoms with Gasteiger partial charge in [-0.05, 0) is 57.5 Å². The van der Waals surface area contributed by atoms with Crippen molar-refractivity contribution in [2.75, 3.05) is 18.0 Å². The van der Waals surface area contributed by atoms with Gasteiger partial charge in [0.1, 0.15) is 0 Å². The number of aromatic nitrogens is 2. The summed E-state index contributed by atoms with van der Waals surface area (Å²) in [5.41, 5.74) is 2.62. The molecule has 0 aliphatic carbocycles. The number of nitrogens with one attached hydrogen (secondary N) is 1. The Labute approximate surface area is 199 Å². The van der Waals surface area contributed by atoms with Gasteiger partial charge in [0.15, 0.2) is 22.6 Å². The van der Waals surface area contributed by atoms with E-state index < -0.39 is 28.9 Å². The van der Waals surface area contributed by atoms with Gasteiger partial charge in [0, 0.05) is 24.5 Å². The third-order valence-corrected chi connectivity index (χ3v) is 6.62. The molecule has 1 aliphatic heterocycles. The van der Waals surface area contributed by atoms with Gasteiger partial charge in [-0.3, -0.25) is 9.78 Å². The number of hydrogen-bond donors (Lipinski definition) is 1. The molecule has 3 heterocycles. The number of carbonyl (C=O) groups excluding carboxylic acids is 1. The second-order valence-corrected chi connectivity index (χ2v) is 9.46. The van der Waals surface area contributed by atoms with Crippen LogP contribution in [0.5, 0.6) is 0 Å². The molecule has 1 fully saturated rings. The van der Waals surface area contributed by atoms with E-state index in [4.69, 9.17) is 9.72 Å². The van der Waals surface area contributed by atoms with E-state index in [1.54, 1.807) is 0 Å².